The van der Waals surface area contributed by atoms with Crippen LogP contribution in [0.25, 0.3) is 0 Å². The topological polar surface area (TPSA) is 0 Å². The zero-order chi connectivity index (χ0) is 0. The van der Waals surface area contributed by atoms with E-state index in [1.165, 1.54) is 0 Å². The number of halogens is 5. The summed E-state index contributed by atoms with van der Waals surface area (Å²) in [5.74, 6) is 0. The zero-order valence-electron chi connectivity index (χ0n) is 2.30. The van der Waals surface area contributed by atoms with Crippen molar-refractivity contribution < 1.29 is 44.6 Å². The van der Waals surface area contributed by atoms with Gasteiger partial charge in [-0.3, -0.25) is 0 Å². The minimum atomic E-state index is 0. The molecule has 0 nitrogen and oxygen atoms in total. The van der Waals surface area contributed by atoms with Crippen LogP contribution in [0.3, 0.4) is 0 Å². The summed E-state index contributed by atoms with van der Waals surface area (Å²) in [7, 11) is 0. The van der Waals surface area contributed by atoms with Gasteiger partial charge in [-0.25, -0.2) is 0 Å². The van der Waals surface area contributed by atoms with Crippen LogP contribution in [0.15, 0.2) is 0 Å². The monoisotopic (exact) mass is 279 g/mol. The Labute approximate surface area is 45.4 Å². The summed E-state index contributed by atoms with van der Waals surface area (Å²) in [5, 5.41) is 0. The first-order valence-corrected chi connectivity index (χ1v) is 0. The summed E-state index contributed by atoms with van der Waals surface area (Å²) in [6.45, 7) is 0. The van der Waals surface area contributed by atoms with E-state index < -0.39 is 0 Å². The van der Waals surface area contributed by atoms with Crippen molar-refractivity contribution in [1.29, 1.82) is 0 Å². The van der Waals surface area contributed by atoms with Gasteiger partial charge in [0, 0.05) is 0 Å². The normalized spacial score (nSPS) is 0. The van der Waals surface area contributed by atoms with Crippen LogP contribution in [0.2, 0.25) is 0 Å². The molecule has 0 aromatic heterocycles. The fourth-order valence-corrected chi connectivity index (χ4v) is 0. The van der Waals surface area contributed by atoms with E-state index in [0.29, 0.717) is 0 Å². The fraction of sp³-hybridized carbons (Fsp3) is 0. The van der Waals surface area contributed by atoms with Gasteiger partial charge in [0.1, 0.15) is 0 Å². The van der Waals surface area contributed by atoms with Crippen LogP contribution in [0.5, 0.6) is 0 Å². The Morgan fingerprint density at radius 2 is 0.333 bits per heavy atom. The van der Waals surface area contributed by atoms with Crippen LogP contribution in [0.1, 0.15) is 0 Å². The van der Waals surface area contributed by atoms with Crippen LogP contribution in [0, 0.1) is 0 Å². The van der Waals surface area contributed by atoms with Crippen LogP contribution in [0.4, 0.5) is 0 Å². The molecule has 0 saturated heterocycles. The second kappa shape index (κ2) is 878. The smallest absolute Gasteiger partial charge is 1.00 e. The summed E-state index contributed by atoms with van der Waals surface area (Å²) >= 11 is 0. The van der Waals surface area contributed by atoms with Crippen molar-refractivity contribution in [3.8, 4) is 0 Å². The summed E-state index contributed by atoms with van der Waals surface area (Å²) in [5.41, 5.74) is 0. The van der Waals surface area contributed by atoms with Gasteiger partial charge >= 0.3 is 21.1 Å². The molecule has 0 heterocycles. The molecule has 0 unspecified atom stereocenters. The Hall–Kier alpha value is 0.338. The summed E-state index contributed by atoms with van der Waals surface area (Å²) in [4.78, 5) is 0. The van der Waals surface area contributed by atoms with E-state index in [0.717, 1.165) is 0 Å². The standard InChI is InChI=1S/5FH.W/h5*1H;/q;;;;;+2/p-5. The summed E-state index contributed by atoms with van der Waals surface area (Å²) in [6, 6.07) is 0. The number of hydrogen-bond donors (Lipinski definition) is 0. The van der Waals surface area contributed by atoms with Crippen LogP contribution >= 0.6 is 0 Å². The van der Waals surface area contributed by atoms with Crippen LogP contribution < -0.4 is 23.5 Å². The van der Waals surface area contributed by atoms with Crippen molar-refractivity contribution in [2.24, 2.45) is 0 Å². The molecule has 0 aromatic rings. The molecule has 0 spiro atoms. The molecule has 0 aliphatic carbocycles. The van der Waals surface area contributed by atoms with Gasteiger partial charge in [-0.1, -0.05) is 0 Å². The second-order valence-electron chi connectivity index (χ2n) is 0. The van der Waals surface area contributed by atoms with Gasteiger partial charge in [0.15, 0.2) is 0 Å². The Morgan fingerprint density at radius 3 is 0.333 bits per heavy atom. The van der Waals surface area contributed by atoms with Gasteiger partial charge in [-0.05, 0) is 0 Å². The SMILES string of the molecule is [F-].[F-].[F-].[F-].[F-].[W+2]. The van der Waals surface area contributed by atoms with Gasteiger partial charge in [-0.2, -0.15) is 0 Å². The molecule has 44 valence electrons. The molecule has 0 aliphatic rings. The maximum Gasteiger partial charge on any atom is 2.00 e. The van der Waals surface area contributed by atoms with Crippen LogP contribution in [-0.4, -0.2) is 0 Å². The molecule has 0 atom stereocenters. The molecule has 0 aromatic carbocycles. The third kappa shape index (κ3) is 422. The number of hydrogen-bond acceptors (Lipinski definition) is 0. The van der Waals surface area contributed by atoms with E-state index in [2.05, 4.69) is 0 Å². The molecule has 0 radical (unpaired) electrons. The van der Waals surface area contributed by atoms with Crippen molar-refractivity contribution in [1.82, 2.24) is 0 Å². The van der Waals surface area contributed by atoms with E-state index in [9.17, 15) is 0 Å². The third-order valence-corrected chi connectivity index (χ3v) is 0. The zero-order valence-corrected chi connectivity index (χ0v) is 5.23. The first kappa shape index (κ1) is 1580. The second-order valence-corrected chi connectivity index (χ2v) is 0. The van der Waals surface area contributed by atoms with E-state index in [1.807, 2.05) is 0 Å². The van der Waals surface area contributed by atoms with Gasteiger partial charge in [-0.15, -0.1) is 0 Å². The molecule has 0 fully saturated rings. The molecule has 0 aliphatic heterocycles. The Morgan fingerprint density at radius 1 is 0.333 bits per heavy atom. The van der Waals surface area contributed by atoms with Crippen molar-refractivity contribution >= 4 is 0 Å². The summed E-state index contributed by atoms with van der Waals surface area (Å²) < 4.78 is 0. The first-order chi connectivity index (χ1) is 0. The number of rotatable bonds is 0. The average Bonchev–Trinajstić information content (AvgIpc) is 0. The molecular weight excluding hydrogens is 279 g/mol. The predicted octanol–water partition coefficient (Wildman–Crippen LogP) is -15.0. The van der Waals surface area contributed by atoms with Gasteiger partial charge in [0.2, 0.25) is 0 Å². The molecule has 0 rings (SSSR count). The Balaban J connectivity index is 0. The third-order valence-electron chi connectivity index (χ3n) is 0. The maximum atomic E-state index is 0. The molecule has 0 amide bonds. The maximum absolute atomic E-state index is 0. The Kier molecular flexibility index (Phi) is 231000. The minimum absolute atomic E-state index is 0. The van der Waals surface area contributed by atoms with Gasteiger partial charge in [0.05, 0.1) is 0 Å². The van der Waals surface area contributed by atoms with Crippen LogP contribution in [-0.2, 0) is 21.1 Å². The molecular formula is F5W-3. The van der Waals surface area contributed by atoms with Crippen molar-refractivity contribution in [2.45, 2.75) is 0 Å². The van der Waals surface area contributed by atoms with E-state index in [1.54, 1.807) is 0 Å². The largest absolute Gasteiger partial charge is 2.00 e. The van der Waals surface area contributed by atoms with Crippen molar-refractivity contribution in [2.75, 3.05) is 0 Å². The quantitative estimate of drug-likeness (QED) is 0.386. The predicted molar refractivity (Wildman–Crippen MR) is 0 cm³/mol. The fourth-order valence-electron chi connectivity index (χ4n) is 0. The van der Waals surface area contributed by atoms with Crippen molar-refractivity contribution in [3.63, 3.8) is 0 Å². The summed E-state index contributed by atoms with van der Waals surface area (Å²) in [6.07, 6.45) is 0. The average molecular weight is 279 g/mol. The van der Waals surface area contributed by atoms with Crippen molar-refractivity contribution in [3.05, 3.63) is 0 Å². The van der Waals surface area contributed by atoms with E-state index in [4.69, 9.17) is 0 Å². The van der Waals surface area contributed by atoms with Gasteiger partial charge < -0.3 is 23.5 Å². The van der Waals surface area contributed by atoms with Gasteiger partial charge in [0.25, 0.3) is 0 Å². The molecule has 6 heteroatoms. The first-order valence-electron chi connectivity index (χ1n) is 0. The van der Waals surface area contributed by atoms with E-state index >= 15 is 0 Å². The van der Waals surface area contributed by atoms with E-state index in [-0.39, 0.29) is 44.6 Å². The molecule has 0 N–H and O–H groups in total. The molecule has 0 bridgehead atoms. The minimum Gasteiger partial charge on any atom is -1.00 e. The Bertz CT molecular complexity index is 3.90. The molecule has 0 saturated carbocycles. The molecule has 6 heavy (non-hydrogen) atoms.